The largest absolute Gasteiger partial charge is 0.486 e. The first kappa shape index (κ1) is 12.1. The zero-order valence-corrected chi connectivity index (χ0v) is 10.8. The Hall–Kier alpha value is -1.94. The lowest BCUT2D eigenvalue weighted by Crippen LogP contribution is -2.39. The van der Waals surface area contributed by atoms with Crippen LogP contribution in [-0.2, 0) is 0 Å². The average molecular weight is 259 g/mol. The molecule has 2 unspecified atom stereocenters. The average Bonchev–Trinajstić information content (AvgIpc) is 2.99. The number of furan rings is 1. The second kappa shape index (κ2) is 5.36. The number of benzene rings is 1. The predicted octanol–water partition coefficient (Wildman–Crippen LogP) is 2.77. The molecule has 1 aromatic carbocycles. The monoisotopic (exact) mass is 259 g/mol. The molecule has 1 aliphatic heterocycles. The maximum Gasteiger partial charge on any atom is 0.161 e. The van der Waals surface area contributed by atoms with Gasteiger partial charge in [-0.1, -0.05) is 12.1 Å². The Morgan fingerprint density at radius 2 is 2.11 bits per heavy atom. The normalized spacial score (nSPS) is 19.1. The molecular weight excluding hydrogens is 242 g/mol. The first-order chi connectivity index (χ1) is 9.33. The van der Waals surface area contributed by atoms with Gasteiger partial charge in [0.2, 0.25) is 0 Å². The van der Waals surface area contributed by atoms with Gasteiger partial charge in [0, 0.05) is 18.2 Å². The lowest BCUT2D eigenvalue weighted by Gasteiger charge is -2.27. The number of para-hydroxylation sites is 2. The Balaban J connectivity index is 1.55. The number of hydrogen-bond acceptors (Lipinski definition) is 4. The van der Waals surface area contributed by atoms with Crippen LogP contribution in [0.15, 0.2) is 47.3 Å². The first-order valence-corrected chi connectivity index (χ1v) is 6.47. The van der Waals surface area contributed by atoms with Gasteiger partial charge in [0.05, 0.1) is 12.5 Å². The summed E-state index contributed by atoms with van der Waals surface area (Å²) in [6, 6.07) is 9.95. The standard InChI is InChI=1S/C15H17NO3/c1-11(12-6-7-17-9-12)16-8-13-10-18-14-4-2-3-5-15(14)19-13/h2-7,9,11,13,16H,8,10H2,1H3. The molecule has 4 nitrogen and oxygen atoms in total. The summed E-state index contributed by atoms with van der Waals surface area (Å²) in [5.74, 6) is 1.64. The van der Waals surface area contributed by atoms with Gasteiger partial charge in [-0.05, 0) is 25.1 Å². The van der Waals surface area contributed by atoms with Crippen LogP contribution in [-0.4, -0.2) is 19.3 Å². The van der Waals surface area contributed by atoms with E-state index in [0.29, 0.717) is 6.61 Å². The fourth-order valence-corrected chi connectivity index (χ4v) is 2.11. The molecule has 0 aliphatic carbocycles. The molecule has 0 saturated carbocycles. The van der Waals surface area contributed by atoms with Gasteiger partial charge in [0.15, 0.2) is 11.5 Å². The fraction of sp³-hybridized carbons (Fsp3) is 0.333. The van der Waals surface area contributed by atoms with Crippen LogP contribution in [0.4, 0.5) is 0 Å². The van der Waals surface area contributed by atoms with E-state index >= 15 is 0 Å². The molecule has 100 valence electrons. The van der Waals surface area contributed by atoms with Crippen LogP contribution in [0.1, 0.15) is 18.5 Å². The van der Waals surface area contributed by atoms with Crippen molar-refractivity contribution in [1.29, 1.82) is 0 Å². The van der Waals surface area contributed by atoms with Crippen LogP contribution in [0.5, 0.6) is 11.5 Å². The van der Waals surface area contributed by atoms with Crippen LogP contribution in [0, 0.1) is 0 Å². The Bertz CT molecular complexity index is 524. The van der Waals surface area contributed by atoms with E-state index in [9.17, 15) is 0 Å². The highest BCUT2D eigenvalue weighted by Gasteiger charge is 2.21. The lowest BCUT2D eigenvalue weighted by molar-refractivity contribution is 0.0886. The molecule has 0 spiro atoms. The molecule has 0 amide bonds. The second-order valence-corrected chi connectivity index (χ2v) is 4.68. The minimum absolute atomic E-state index is 0.0317. The third kappa shape index (κ3) is 2.74. The van der Waals surface area contributed by atoms with E-state index < -0.39 is 0 Å². The summed E-state index contributed by atoms with van der Waals surface area (Å²) in [7, 11) is 0. The number of hydrogen-bond donors (Lipinski definition) is 1. The van der Waals surface area contributed by atoms with Gasteiger partial charge in [-0.15, -0.1) is 0 Å². The van der Waals surface area contributed by atoms with Gasteiger partial charge in [-0.3, -0.25) is 0 Å². The molecule has 1 aromatic heterocycles. The predicted molar refractivity (Wildman–Crippen MR) is 71.5 cm³/mol. The van der Waals surface area contributed by atoms with Gasteiger partial charge in [0.1, 0.15) is 12.7 Å². The van der Waals surface area contributed by atoms with Gasteiger partial charge >= 0.3 is 0 Å². The highest BCUT2D eigenvalue weighted by atomic mass is 16.6. The number of ether oxygens (including phenoxy) is 2. The van der Waals surface area contributed by atoms with E-state index in [1.54, 1.807) is 12.5 Å². The molecule has 0 bridgehead atoms. The van der Waals surface area contributed by atoms with Crippen LogP contribution in [0.2, 0.25) is 0 Å². The molecule has 1 aliphatic rings. The number of nitrogens with one attached hydrogen (secondary N) is 1. The summed E-state index contributed by atoms with van der Waals surface area (Å²) >= 11 is 0. The van der Waals surface area contributed by atoms with Crippen molar-refractivity contribution in [2.45, 2.75) is 19.1 Å². The van der Waals surface area contributed by atoms with E-state index in [0.717, 1.165) is 23.6 Å². The second-order valence-electron chi connectivity index (χ2n) is 4.68. The van der Waals surface area contributed by atoms with E-state index in [1.807, 2.05) is 30.3 Å². The summed E-state index contributed by atoms with van der Waals surface area (Å²) in [6.07, 6.45) is 3.47. The highest BCUT2D eigenvalue weighted by molar-refractivity contribution is 5.40. The van der Waals surface area contributed by atoms with Crippen molar-refractivity contribution >= 4 is 0 Å². The molecule has 3 rings (SSSR count). The Morgan fingerprint density at radius 1 is 1.26 bits per heavy atom. The SMILES string of the molecule is CC(NCC1COc2ccccc2O1)c1ccoc1. The minimum Gasteiger partial charge on any atom is -0.486 e. The fourth-order valence-electron chi connectivity index (χ4n) is 2.11. The summed E-state index contributed by atoms with van der Waals surface area (Å²) in [5, 5.41) is 3.42. The Labute approximate surface area is 112 Å². The first-order valence-electron chi connectivity index (χ1n) is 6.47. The van der Waals surface area contributed by atoms with Crippen molar-refractivity contribution in [2.75, 3.05) is 13.2 Å². The molecule has 19 heavy (non-hydrogen) atoms. The van der Waals surface area contributed by atoms with Crippen molar-refractivity contribution in [3.05, 3.63) is 48.4 Å². The summed E-state index contributed by atoms with van der Waals surface area (Å²) in [4.78, 5) is 0. The molecule has 0 radical (unpaired) electrons. The lowest BCUT2D eigenvalue weighted by atomic mass is 10.2. The molecule has 0 fully saturated rings. The van der Waals surface area contributed by atoms with Crippen molar-refractivity contribution in [3.63, 3.8) is 0 Å². The van der Waals surface area contributed by atoms with Crippen LogP contribution >= 0.6 is 0 Å². The summed E-state index contributed by atoms with van der Waals surface area (Å²) in [5.41, 5.74) is 1.14. The Kier molecular flexibility index (Phi) is 3.42. The molecule has 2 heterocycles. The molecule has 2 aromatic rings. The van der Waals surface area contributed by atoms with Crippen molar-refractivity contribution in [1.82, 2.24) is 5.32 Å². The third-order valence-electron chi connectivity index (χ3n) is 3.26. The number of fused-ring (bicyclic) bond motifs is 1. The van der Waals surface area contributed by atoms with Gasteiger partial charge in [-0.2, -0.15) is 0 Å². The maximum atomic E-state index is 5.89. The van der Waals surface area contributed by atoms with Crippen LogP contribution in [0.3, 0.4) is 0 Å². The zero-order valence-electron chi connectivity index (χ0n) is 10.8. The topological polar surface area (TPSA) is 43.6 Å². The molecular formula is C15H17NO3. The molecule has 4 heteroatoms. The zero-order chi connectivity index (χ0) is 13.1. The van der Waals surface area contributed by atoms with Crippen molar-refractivity contribution in [3.8, 4) is 11.5 Å². The maximum absolute atomic E-state index is 5.89. The molecule has 0 saturated heterocycles. The minimum atomic E-state index is 0.0317. The third-order valence-corrected chi connectivity index (χ3v) is 3.26. The van der Waals surface area contributed by atoms with Crippen molar-refractivity contribution in [2.24, 2.45) is 0 Å². The van der Waals surface area contributed by atoms with Gasteiger partial charge in [0.25, 0.3) is 0 Å². The van der Waals surface area contributed by atoms with Crippen molar-refractivity contribution < 1.29 is 13.9 Å². The van der Waals surface area contributed by atoms with E-state index in [2.05, 4.69) is 12.2 Å². The van der Waals surface area contributed by atoms with Crippen LogP contribution < -0.4 is 14.8 Å². The number of rotatable bonds is 4. The van der Waals surface area contributed by atoms with Gasteiger partial charge in [-0.25, -0.2) is 0 Å². The highest BCUT2D eigenvalue weighted by Crippen LogP contribution is 2.30. The molecule has 1 N–H and O–H groups in total. The summed E-state index contributed by atoms with van der Waals surface area (Å²) < 4.78 is 16.6. The summed E-state index contributed by atoms with van der Waals surface area (Å²) in [6.45, 7) is 3.41. The van der Waals surface area contributed by atoms with Crippen LogP contribution in [0.25, 0.3) is 0 Å². The van der Waals surface area contributed by atoms with E-state index in [1.165, 1.54) is 0 Å². The molecule has 2 atom stereocenters. The smallest absolute Gasteiger partial charge is 0.161 e. The quantitative estimate of drug-likeness (QED) is 0.917. The Morgan fingerprint density at radius 3 is 2.89 bits per heavy atom. The van der Waals surface area contributed by atoms with E-state index in [4.69, 9.17) is 13.9 Å². The van der Waals surface area contributed by atoms with E-state index in [-0.39, 0.29) is 12.1 Å². The van der Waals surface area contributed by atoms with Gasteiger partial charge < -0.3 is 19.2 Å².